The van der Waals surface area contributed by atoms with Crippen LogP contribution in [0.15, 0.2) is 17.8 Å². The molecular weight excluding hydrogens is 432 g/mol. The molecule has 1 aliphatic rings. The van der Waals surface area contributed by atoms with Crippen LogP contribution in [0.25, 0.3) is 0 Å². The standard InChI is InChI=1S/C22H30N4O3S2/c1-6-10-26-19(13(3)4)24-25-22(26)30-12-17(27)23-20-18(21(28)29-7-2)15-9-8-14(5)11-16(15)31-20/h6,13-14H,1,7-12H2,2-5H3,(H,23,27). The Morgan fingerprint density at radius 3 is 2.87 bits per heavy atom. The molecule has 9 heteroatoms. The fourth-order valence-electron chi connectivity index (χ4n) is 3.69. The van der Waals surface area contributed by atoms with Crippen molar-refractivity contribution in [2.45, 2.75) is 64.6 Å². The van der Waals surface area contributed by atoms with Gasteiger partial charge in [0.25, 0.3) is 0 Å². The van der Waals surface area contributed by atoms with Gasteiger partial charge in [-0.25, -0.2) is 4.79 Å². The van der Waals surface area contributed by atoms with Crippen LogP contribution in [-0.2, 0) is 28.9 Å². The maximum atomic E-state index is 12.8. The van der Waals surface area contributed by atoms with Gasteiger partial charge in [-0.2, -0.15) is 0 Å². The smallest absolute Gasteiger partial charge is 0.341 e. The number of nitrogens with zero attached hydrogens (tertiary/aromatic N) is 3. The minimum atomic E-state index is -0.357. The van der Waals surface area contributed by atoms with E-state index in [4.69, 9.17) is 4.74 Å². The molecule has 0 fully saturated rings. The van der Waals surface area contributed by atoms with Gasteiger partial charge in [0.2, 0.25) is 5.91 Å². The first-order valence-corrected chi connectivity index (χ1v) is 12.4. The zero-order valence-electron chi connectivity index (χ0n) is 18.6. The van der Waals surface area contributed by atoms with Crippen LogP contribution in [0.4, 0.5) is 5.00 Å². The lowest BCUT2D eigenvalue weighted by molar-refractivity contribution is -0.113. The van der Waals surface area contributed by atoms with Crippen LogP contribution in [0.5, 0.6) is 0 Å². The fraction of sp³-hybridized carbons (Fsp3) is 0.545. The SMILES string of the molecule is C=CCn1c(SCC(=O)Nc2sc3c(c2C(=O)OCC)CCC(C)C3)nnc1C(C)C. The number of fused-ring (bicyclic) bond motifs is 1. The summed E-state index contributed by atoms with van der Waals surface area (Å²) >= 11 is 2.83. The summed E-state index contributed by atoms with van der Waals surface area (Å²) in [6, 6.07) is 0. The van der Waals surface area contributed by atoms with Crippen LogP contribution >= 0.6 is 23.1 Å². The van der Waals surface area contributed by atoms with Crippen molar-refractivity contribution in [2.24, 2.45) is 5.92 Å². The minimum absolute atomic E-state index is 0.175. The molecule has 3 rings (SSSR count). The van der Waals surface area contributed by atoms with E-state index in [0.29, 0.717) is 34.8 Å². The van der Waals surface area contributed by atoms with E-state index in [2.05, 4.69) is 42.9 Å². The van der Waals surface area contributed by atoms with Crippen molar-refractivity contribution in [3.63, 3.8) is 0 Å². The number of nitrogens with one attached hydrogen (secondary N) is 1. The average molecular weight is 463 g/mol. The first-order chi connectivity index (χ1) is 14.8. The molecule has 168 valence electrons. The van der Waals surface area contributed by atoms with Gasteiger partial charge in [0.05, 0.1) is 17.9 Å². The molecule has 0 spiro atoms. The number of thiophene rings is 1. The summed E-state index contributed by atoms with van der Waals surface area (Å²) in [6.45, 7) is 12.8. The number of carbonyl (C=O) groups excluding carboxylic acids is 2. The number of rotatable bonds is 9. The predicted molar refractivity (Wildman–Crippen MR) is 125 cm³/mol. The summed E-state index contributed by atoms with van der Waals surface area (Å²) in [5.41, 5.74) is 1.57. The van der Waals surface area contributed by atoms with Crippen LogP contribution in [0, 0.1) is 5.92 Å². The third-order valence-corrected chi connectivity index (χ3v) is 7.29. The Hall–Kier alpha value is -2.13. The molecule has 2 aromatic heterocycles. The molecule has 1 N–H and O–H groups in total. The van der Waals surface area contributed by atoms with Gasteiger partial charge in [-0.05, 0) is 37.7 Å². The van der Waals surface area contributed by atoms with Gasteiger partial charge in [0, 0.05) is 17.3 Å². The summed E-state index contributed by atoms with van der Waals surface area (Å²) in [5, 5.41) is 12.7. The number of thioether (sulfide) groups is 1. The maximum Gasteiger partial charge on any atom is 0.341 e. The topological polar surface area (TPSA) is 86.1 Å². The second kappa shape index (κ2) is 10.5. The molecule has 0 bridgehead atoms. The lowest BCUT2D eigenvalue weighted by Crippen LogP contribution is -2.18. The van der Waals surface area contributed by atoms with E-state index in [1.165, 1.54) is 28.0 Å². The summed E-state index contributed by atoms with van der Waals surface area (Å²) < 4.78 is 7.26. The Balaban J connectivity index is 1.75. The van der Waals surface area contributed by atoms with Gasteiger partial charge in [-0.1, -0.05) is 38.6 Å². The number of hydrogen-bond donors (Lipinski definition) is 1. The van der Waals surface area contributed by atoms with E-state index in [1.807, 2.05) is 4.57 Å². The van der Waals surface area contributed by atoms with E-state index in [1.54, 1.807) is 13.0 Å². The lowest BCUT2D eigenvalue weighted by Gasteiger charge is -2.18. The zero-order valence-corrected chi connectivity index (χ0v) is 20.2. The molecule has 2 heterocycles. The highest BCUT2D eigenvalue weighted by atomic mass is 32.2. The molecule has 1 unspecified atom stereocenters. The first-order valence-electron chi connectivity index (χ1n) is 10.6. The second-order valence-electron chi connectivity index (χ2n) is 8.01. The van der Waals surface area contributed by atoms with E-state index >= 15 is 0 Å². The van der Waals surface area contributed by atoms with E-state index < -0.39 is 0 Å². The molecule has 31 heavy (non-hydrogen) atoms. The minimum Gasteiger partial charge on any atom is -0.462 e. The molecule has 0 aromatic carbocycles. The van der Waals surface area contributed by atoms with Gasteiger partial charge in [-0.3, -0.25) is 4.79 Å². The van der Waals surface area contributed by atoms with Crippen LogP contribution in [-0.4, -0.2) is 39.0 Å². The van der Waals surface area contributed by atoms with Crippen molar-refractivity contribution in [1.29, 1.82) is 0 Å². The van der Waals surface area contributed by atoms with Crippen molar-refractivity contribution < 1.29 is 14.3 Å². The summed E-state index contributed by atoms with van der Waals surface area (Å²) in [5.74, 6) is 1.31. The van der Waals surface area contributed by atoms with Crippen LogP contribution in [0.1, 0.15) is 66.7 Å². The Morgan fingerprint density at radius 2 is 2.19 bits per heavy atom. The molecule has 1 aliphatic carbocycles. The molecule has 1 atom stereocenters. The lowest BCUT2D eigenvalue weighted by atomic mass is 9.88. The van der Waals surface area contributed by atoms with Gasteiger partial charge in [0.1, 0.15) is 10.8 Å². The van der Waals surface area contributed by atoms with Crippen LogP contribution in [0.2, 0.25) is 0 Å². The Morgan fingerprint density at radius 1 is 1.42 bits per heavy atom. The highest BCUT2D eigenvalue weighted by molar-refractivity contribution is 7.99. The number of hydrogen-bond acceptors (Lipinski definition) is 7. The largest absolute Gasteiger partial charge is 0.462 e. The molecule has 2 aromatic rings. The Kier molecular flexibility index (Phi) is 7.94. The Labute approximate surface area is 191 Å². The average Bonchev–Trinajstić information content (AvgIpc) is 3.27. The van der Waals surface area contributed by atoms with Crippen LogP contribution in [0.3, 0.4) is 0 Å². The molecule has 1 amide bonds. The summed E-state index contributed by atoms with van der Waals surface area (Å²) in [6.07, 6.45) is 4.60. The number of aromatic nitrogens is 3. The second-order valence-corrected chi connectivity index (χ2v) is 10.1. The van der Waals surface area contributed by atoms with Crippen molar-refractivity contribution in [3.05, 3.63) is 34.5 Å². The molecule has 0 radical (unpaired) electrons. The monoisotopic (exact) mass is 462 g/mol. The van der Waals surface area contributed by atoms with Crippen molar-refractivity contribution in [2.75, 3.05) is 17.7 Å². The fourth-order valence-corrected chi connectivity index (χ4v) is 5.86. The predicted octanol–water partition coefficient (Wildman–Crippen LogP) is 4.68. The summed E-state index contributed by atoms with van der Waals surface area (Å²) in [4.78, 5) is 26.5. The van der Waals surface area contributed by atoms with Crippen molar-refractivity contribution in [3.8, 4) is 0 Å². The molecule has 0 saturated heterocycles. The molecule has 0 aliphatic heterocycles. The number of amides is 1. The third kappa shape index (κ3) is 5.38. The quantitative estimate of drug-likeness (QED) is 0.331. The highest BCUT2D eigenvalue weighted by Gasteiger charge is 2.29. The van der Waals surface area contributed by atoms with Crippen LogP contribution < -0.4 is 5.32 Å². The highest BCUT2D eigenvalue weighted by Crippen LogP contribution is 2.40. The maximum absolute atomic E-state index is 12.8. The van der Waals surface area contributed by atoms with Gasteiger partial charge in [0.15, 0.2) is 5.16 Å². The van der Waals surface area contributed by atoms with E-state index in [9.17, 15) is 9.59 Å². The molecule has 0 saturated carbocycles. The normalized spacial score (nSPS) is 15.6. The number of esters is 1. The van der Waals surface area contributed by atoms with Gasteiger partial charge >= 0.3 is 5.97 Å². The third-order valence-electron chi connectivity index (χ3n) is 5.15. The Bertz CT molecular complexity index is 964. The summed E-state index contributed by atoms with van der Waals surface area (Å²) in [7, 11) is 0. The van der Waals surface area contributed by atoms with Crippen molar-refractivity contribution in [1.82, 2.24) is 14.8 Å². The first kappa shape index (κ1) is 23.5. The van der Waals surface area contributed by atoms with Crippen molar-refractivity contribution >= 4 is 40.0 Å². The number of ether oxygens (including phenoxy) is 1. The molecular formula is C22H30N4O3S2. The van der Waals surface area contributed by atoms with E-state index in [0.717, 1.165) is 30.7 Å². The zero-order chi connectivity index (χ0) is 22.5. The van der Waals surface area contributed by atoms with E-state index in [-0.39, 0.29) is 23.5 Å². The number of allylic oxidation sites excluding steroid dienone is 1. The van der Waals surface area contributed by atoms with Gasteiger partial charge in [-0.15, -0.1) is 28.1 Å². The number of carbonyl (C=O) groups is 2. The number of anilines is 1. The molecule has 7 nitrogen and oxygen atoms in total. The van der Waals surface area contributed by atoms with Gasteiger partial charge < -0.3 is 14.6 Å².